The standard InChI is InChI=1S/C23H25N3O4/c1-14-22(15(2)26-25-14)19(23(24)27)10-18-13-29-20-9-8-17(11-21(20)30-18)28-12-16-6-4-3-5-7-16/h3-9,11,18-19H,10,12-13H2,1-2H3,(H2,24,27)(H,25,26)/t18-,19?/m1/s1. The number of aromatic nitrogens is 2. The van der Waals surface area contributed by atoms with Gasteiger partial charge in [-0.1, -0.05) is 30.3 Å². The number of fused-ring (bicyclic) bond motifs is 1. The number of nitrogens with one attached hydrogen (secondary N) is 1. The number of hydrogen-bond acceptors (Lipinski definition) is 5. The Bertz CT molecular complexity index is 1010. The van der Waals surface area contributed by atoms with E-state index in [4.69, 9.17) is 19.9 Å². The average molecular weight is 407 g/mol. The van der Waals surface area contributed by atoms with Crippen molar-refractivity contribution in [2.75, 3.05) is 6.61 Å². The lowest BCUT2D eigenvalue weighted by molar-refractivity contribution is -0.120. The molecule has 0 fully saturated rings. The van der Waals surface area contributed by atoms with Gasteiger partial charge in [-0.15, -0.1) is 0 Å². The predicted octanol–water partition coefficient (Wildman–Crippen LogP) is 3.40. The molecule has 7 heteroatoms. The number of H-pyrrole nitrogens is 1. The number of aromatic amines is 1. The van der Waals surface area contributed by atoms with Gasteiger partial charge in [0.15, 0.2) is 11.5 Å². The number of benzene rings is 2. The van der Waals surface area contributed by atoms with Crippen LogP contribution >= 0.6 is 0 Å². The van der Waals surface area contributed by atoms with Crippen LogP contribution in [0.25, 0.3) is 0 Å². The highest BCUT2D eigenvalue weighted by Gasteiger charge is 2.31. The summed E-state index contributed by atoms with van der Waals surface area (Å²) in [7, 11) is 0. The molecule has 2 atom stereocenters. The second kappa shape index (κ2) is 8.49. The van der Waals surface area contributed by atoms with E-state index in [-0.39, 0.29) is 6.10 Å². The first kappa shape index (κ1) is 19.8. The second-order valence-electron chi connectivity index (χ2n) is 7.47. The van der Waals surface area contributed by atoms with Crippen molar-refractivity contribution in [3.05, 3.63) is 71.0 Å². The Morgan fingerprint density at radius 3 is 2.73 bits per heavy atom. The van der Waals surface area contributed by atoms with Crippen LogP contribution in [-0.2, 0) is 11.4 Å². The van der Waals surface area contributed by atoms with Crippen molar-refractivity contribution in [2.24, 2.45) is 5.73 Å². The third-order valence-electron chi connectivity index (χ3n) is 5.26. The number of amides is 1. The molecule has 3 N–H and O–H groups in total. The number of nitrogens with two attached hydrogens (primary N) is 1. The lowest BCUT2D eigenvalue weighted by Gasteiger charge is -2.29. The summed E-state index contributed by atoms with van der Waals surface area (Å²) >= 11 is 0. The normalized spacial score (nSPS) is 16.1. The Hall–Kier alpha value is -3.48. The van der Waals surface area contributed by atoms with Crippen molar-refractivity contribution in [3.8, 4) is 17.2 Å². The van der Waals surface area contributed by atoms with E-state index < -0.39 is 11.8 Å². The van der Waals surface area contributed by atoms with Crippen LogP contribution in [-0.4, -0.2) is 28.8 Å². The maximum absolute atomic E-state index is 12.2. The summed E-state index contributed by atoms with van der Waals surface area (Å²) in [6.07, 6.45) is 0.0959. The van der Waals surface area contributed by atoms with Crippen LogP contribution in [0.15, 0.2) is 48.5 Å². The first-order valence-corrected chi connectivity index (χ1v) is 9.92. The van der Waals surface area contributed by atoms with Crippen LogP contribution in [0, 0.1) is 13.8 Å². The van der Waals surface area contributed by atoms with E-state index in [1.54, 1.807) is 0 Å². The summed E-state index contributed by atoms with van der Waals surface area (Å²) in [5.74, 6) is 1.04. The minimum atomic E-state index is -0.503. The molecular formula is C23H25N3O4. The molecular weight excluding hydrogens is 382 g/mol. The molecule has 1 aliphatic heterocycles. The van der Waals surface area contributed by atoms with Crippen molar-refractivity contribution in [2.45, 2.75) is 38.9 Å². The van der Waals surface area contributed by atoms with E-state index in [9.17, 15) is 4.79 Å². The molecule has 2 aromatic carbocycles. The van der Waals surface area contributed by atoms with Crippen LogP contribution in [0.4, 0.5) is 0 Å². The molecule has 1 amide bonds. The van der Waals surface area contributed by atoms with Gasteiger partial charge in [0.05, 0.1) is 11.6 Å². The van der Waals surface area contributed by atoms with Gasteiger partial charge in [-0.05, 0) is 31.5 Å². The molecule has 1 unspecified atom stereocenters. The van der Waals surface area contributed by atoms with E-state index >= 15 is 0 Å². The van der Waals surface area contributed by atoms with Crippen molar-refractivity contribution < 1.29 is 19.0 Å². The molecule has 0 bridgehead atoms. The summed E-state index contributed by atoms with van der Waals surface area (Å²) in [5.41, 5.74) is 9.22. The highest BCUT2D eigenvalue weighted by Crippen LogP contribution is 2.37. The minimum absolute atomic E-state index is 0.312. The highest BCUT2D eigenvalue weighted by atomic mass is 16.6. The third-order valence-corrected chi connectivity index (χ3v) is 5.26. The summed E-state index contributed by atoms with van der Waals surface area (Å²) in [6.45, 7) is 4.55. The maximum Gasteiger partial charge on any atom is 0.225 e. The lowest BCUT2D eigenvalue weighted by Crippen LogP contribution is -2.34. The predicted molar refractivity (Wildman–Crippen MR) is 112 cm³/mol. The SMILES string of the molecule is Cc1n[nH]c(C)c1C(C[C@@H]1COc2ccc(OCc3ccccc3)cc2O1)C(N)=O. The average Bonchev–Trinajstić information content (AvgIpc) is 3.08. The lowest BCUT2D eigenvalue weighted by atomic mass is 9.91. The molecule has 0 saturated heterocycles. The van der Waals surface area contributed by atoms with E-state index in [2.05, 4.69) is 10.2 Å². The van der Waals surface area contributed by atoms with Crippen molar-refractivity contribution in [1.29, 1.82) is 0 Å². The van der Waals surface area contributed by atoms with Crippen LogP contribution in [0.2, 0.25) is 0 Å². The zero-order valence-corrected chi connectivity index (χ0v) is 17.1. The van der Waals surface area contributed by atoms with Crippen molar-refractivity contribution >= 4 is 5.91 Å². The molecule has 2 heterocycles. The molecule has 3 aromatic rings. The van der Waals surface area contributed by atoms with E-state index in [0.29, 0.717) is 36.9 Å². The Balaban J connectivity index is 1.46. The molecule has 156 valence electrons. The zero-order valence-electron chi connectivity index (χ0n) is 17.1. The quantitative estimate of drug-likeness (QED) is 0.625. The molecule has 0 aliphatic carbocycles. The van der Waals surface area contributed by atoms with Gasteiger partial charge in [0, 0.05) is 23.7 Å². The Labute approximate surface area is 175 Å². The van der Waals surface area contributed by atoms with E-state index in [0.717, 1.165) is 22.5 Å². The number of hydrogen-bond donors (Lipinski definition) is 2. The van der Waals surface area contributed by atoms with Gasteiger partial charge in [0.25, 0.3) is 0 Å². The number of nitrogens with zero attached hydrogens (tertiary/aromatic N) is 1. The van der Waals surface area contributed by atoms with Crippen molar-refractivity contribution in [3.63, 3.8) is 0 Å². The number of ether oxygens (including phenoxy) is 3. The Morgan fingerprint density at radius 2 is 2.03 bits per heavy atom. The summed E-state index contributed by atoms with van der Waals surface area (Å²) in [5, 5.41) is 7.10. The molecule has 1 aliphatic rings. The Kier molecular flexibility index (Phi) is 5.61. The first-order chi connectivity index (χ1) is 14.5. The third kappa shape index (κ3) is 4.25. The fourth-order valence-electron chi connectivity index (χ4n) is 3.76. The molecule has 7 nitrogen and oxygen atoms in total. The molecule has 4 rings (SSSR count). The number of rotatable bonds is 7. The van der Waals surface area contributed by atoms with Gasteiger partial charge in [-0.3, -0.25) is 9.89 Å². The summed E-state index contributed by atoms with van der Waals surface area (Å²) in [6, 6.07) is 15.5. The summed E-state index contributed by atoms with van der Waals surface area (Å²) < 4.78 is 17.9. The van der Waals surface area contributed by atoms with Crippen LogP contribution in [0.5, 0.6) is 17.2 Å². The number of carbonyl (C=O) groups excluding carboxylic acids is 1. The van der Waals surface area contributed by atoms with Crippen LogP contribution in [0.1, 0.15) is 34.9 Å². The van der Waals surface area contributed by atoms with E-state index in [1.807, 2.05) is 62.4 Å². The van der Waals surface area contributed by atoms with Crippen molar-refractivity contribution in [1.82, 2.24) is 10.2 Å². The van der Waals surface area contributed by atoms with Gasteiger partial charge in [0.2, 0.25) is 5.91 Å². The largest absolute Gasteiger partial charge is 0.489 e. The number of aryl methyl sites for hydroxylation is 2. The maximum atomic E-state index is 12.2. The molecule has 30 heavy (non-hydrogen) atoms. The topological polar surface area (TPSA) is 99.5 Å². The highest BCUT2D eigenvalue weighted by molar-refractivity contribution is 5.82. The van der Waals surface area contributed by atoms with Crippen LogP contribution < -0.4 is 19.9 Å². The minimum Gasteiger partial charge on any atom is -0.489 e. The number of carbonyl (C=O) groups is 1. The first-order valence-electron chi connectivity index (χ1n) is 9.92. The molecule has 1 aromatic heterocycles. The fraction of sp³-hybridized carbons (Fsp3) is 0.304. The van der Waals surface area contributed by atoms with Gasteiger partial charge in [0.1, 0.15) is 25.1 Å². The van der Waals surface area contributed by atoms with Gasteiger partial charge >= 0.3 is 0 Å². The zero-order chi connectivity index (χ0) is 21.1. The van der Waals surface area contributed by atoms with E-state index in [1.165, 1.54) is 0 Å². The summed E-state index contributed by atoms with van der Waals surface area (Å²) in [4.78, 5) is 12.2. The fourth-order valence-corrected chi connectivity index (χ4v) is 3.76. The van der Waals surface area contributed by atoms with Gasteiger partial charge < -0.3 is 19.9 Å². The molecule has 0 spiro atoms. The smallest absolute Gasteiger partial charge is 0.225 e. The number of primary amides is 1. The Morgan fingerprint density at radius 1 is 1.23 bits per heavy atom. The van der Waals surface area contributed by atoms with Gasteiger partial charge in [-0.25, -0.2) is 0 Å². The monoisotopic (exact) mass is 407 g/mol. The van der Waals surface area contributed by atoms with Crippen LogP contribution in [0.3, 0.4) is 0 Å². The molecule has 0 saturated carbocycles. The second-order valence-corrected chi connectivity index (χ2v) is 7.47. The van der Waals surface area contributed by atoms with Gasteiger partial charge in [-0.2, -0.15) is 5.10 Å². The molecule has 0 radical (unpaired) electrons.